The van der Waals surface area contributed by atoms with Crippen molar-refractivity contribution >= 4 is 88.4 Å². The van der Waals surface area contributed by atoms with Crippen molar-refractivity contribution in [3.63, 3.8) is 0 Å². The Labute approximate surface area is 470 Å². The van der Waals surface area contributed by atoms with Gasteiger partial charge in [-0.25, -0.2) is 0 Å². The van der Waals surface area contributed by atoms with Gasteiger partial charge in [-0.2, -0.15) is 0 Å². The van der Waals surface area contributed by atoms with Crippen LogP contribution in [0.4, 0.5) is 34.1 Å². The minimum absolute atomic E-state index is 0.175. The molecule has 0 saturated heterocycles. The molecular formula is C76H66N2O2. The summed E-state index contributed by atoms with van der Waals surface area (Å²) in [5.41, 5.74) is 23.5. The van der Waals surface area contributed by atoms with Crippen LogP contribution in [-0.4, -0.2) is 5.11 Å². The zero-order chi connectivity index (χ0) is 55.2. The number of fused-ring (bicyclic) bond motifs is 3. The number of benzene rings is 12. The lowest BCUT2D eigenvalue weighted by Gasteiger charge is -2.33. The lowest BCUT2D eigenvalue weighted by Crippen LogP contribution is -2.14. The van der Waals surface area contributed by atoms with Crippen molar-refractivity contribution in [2.24, 2.45) is 0 Å². The topological polar surface area (TPSA) is 39.9 Å². The van der Waals surface area contributed by atoms with Gasteiger partial charge in [0, 0.05) is 44.0 Å². The Morgan fingerprint density at radius 2 is 0.775 bits per heavy atom. The number of hydrogen-bond donors (Lipinski definition) is 1. The molecule has 4 heteroatoms. The van der Waals surface area contributed by atoms with Gasteiger partial charge in [-0.1, -0.05) is 185 Å². The Hall–Kier alpha value is -9.12. The predicted molar refractivity (Wildman–Crippen MR) is 341 cm³/mol. The molecule has 0 aliphatic heterocycles. The maximum Gasteiger partial charge on any atom is 0.159 e. The van der Waals surface area contributed by atoms with E-state index in [0.29, 0.717) is 0 Å². The molecule has 0 bridgehead atoms. The van der Waals surface area contributed by atoms with Crippen LogP contribution in [0.2, 0.25) is 0 Å². The smallest absolute Gasteiger partial charge is 0.159 e. The molecule has 0 saturated carbocycles. The SMILES string of the molecule is Cc1ccc(C)c(N(c2cccc(-c3cccc(-c4ccccc4C)c3)c2O)c2cc(C(C)C)c3ccc4c(N(c5cc(C)ccc5C)c5cccc6c5oc5c(-c7ccccc7C)cccc56)cc(C(C)C)c5ccc2c3c54)c1. The van der Waals surface area contributed by atoms with Gasteiger partial charge in [-0.3, -0.25) is 0 Å². The highest BCUT2D eigenvalue weighted by Gasteiger charge is 2.30. The molecule has 0 unspecified atom stereocenters. The van der Waals surface area contributed by atoms with Gasteiger partial charge in [0.1, 0.15) is 11.3 Å². The van der Waals surface area contributed by atoms with Gasteiger partial charge in [-0.05, 0) is 184 Å². The van der Waals surface area contributed by atoms with Crippen LogP contribution < -0.4 is 9.80 Å². The molecule has 1 N–H and O–H groups in total. The molecule has 392 valence electrons. The van der Waals surface area contributed by atoms with Gasteiger partial charge in [0.25, 0.3) is 0 Å². The number of anilines is 6. The number of phenolic OH excluding ortho intramolecular Hbond substituents is 1. The first-order valence-corrected chi connectivity index (χ1v) is 28.3. The van der Waals surface area contributed by atoms with E-state index in [9.17, 15) is 5.11 Å². The van der Waals surface area contributed by atoms with E-state index in [-0.39, 0.29) is 17.6 Å². The summed E-state index contributed by atoms with van der Waals surface area (Å²) >= 11 is 0. The van der Waals surface area contributed by atoms with E-state index in [2.05, 4.69) is 273 Å². The zero-order valence-corrected chi connectivity index (χ0v) is 47.5. The largest absolute Gasteiger partial charge is 0.505 e. The summed E-state index contributed by atoms with van der Waals surface area (Å²) in [6, 6.07) is 72.9. The van der Waals surface area contributed by atoms with Gasteiger partial charge in [0.15, 0.2) is 5.58 Å². The molecule has 12 aromatic carbocycles. The average molecular weight is 1040 g/mol. The van der Waals surface area contributed by atoms with E-state index in [1.54, 1.807) is 0 Å². The Kier molecular flexibility index (Phi) is 12.4. The monoisotopic (exact) mass is 1040 g/mol. The lowest BCUT2D eigenvalue weighted by molar-refractivity contribution is 0.478. The number of para-hydroxylation sites is 3. The van der Waals surface area contributed by atoms with Crippen molar-refractivity contribution in [3.8, 4) is 39.1 Å². The third-order valence-electron chi connectivity index (χ3n) is 16.9. The molecule has 0 atom stereocenters. The quantitative estimate of drug-likeness (QED) is 0.131. The van der Waals surface area contributed by atoms with Gasteiger partial charge in [0.2, 0.25) is 0 Å². The zero-order valence-electron chi connectivity index (χ0n) is 47.5. The van der Waals surface area contributed by atoms with E-state index in [1.165, 1.54) is 66.1 Å². The number of phenols is 1. The van der Waals surface area contributed by atoms with Crippen LogP contribution in [0.5, 0.6) is 5.75 Å². The van der Waals surface area contributed by atoms with E-state index in [0.717, 1.165) is 100 Å². The summed E-state index contributed by atoms with van der Waals surface area (Å²) < 4.78 is 7.32. The molecule has 0 fully saturated rings. The Morgan fingerprint density at radius 3 is 1.35 bits per heavy atom. The number of furan rings is 1. The second-order valence-corrected chi connectivity index (χ2v) is 22.9. The standard InChI is InChI=1S/C76H66N2O2/c1-44(2)64-42-70(77(68-39-46(5)31-33-50(68)9)66-29-17-25-56(74(66)79)53-22-15-21-52(41-53)54-23-13-11-19-48(54)7)62-37-35-58-65(45(3)4)43-71(63-38-36-57(64)72(62)73(58)63)78(69-40-47(6)32-34-51(69)10)67-30-18-28-61-60-27-16-26-59(75(60)80-76(61)67)55-24-14-12-20-49(55)8/h11-45,79H,1-10H3. The molecule has 1 aromatic heterocycles. The third kappa shape index (κ3) is 8.19. The maximum atomic E-state index is 13.0. The second kappa shape index (κ2) is 19.7. The molecular weight excluding hydrogens is 973 g/mol. The third-order valence-corrected chi connectivity index (χ3v) is 16.9. The lowest BCUT2D eigenvalue weighted by atomic mass is 9.84. The summed E-state index contributed by atoms with van der Waals surface area (Å²) in [5.74, 6) is 0.594. The number of hydrogen-bond acceptors (Lipinski definition) is 4. The molecule has 0 radical (unpaired) electrons. The summed E-state index contributed by atoms with van der Waals surface area (Å²) in [6.07, 6.45) is 0. The highest BCUT2D eigenvalue weighted by Crippen LogP contribution is 2.54. The first kappa shape index (κ1) is 50.4. The molecule has 80 heavy (non-hydrogen) atoms. The van der Waals surface area contributed by atoms with E-state index in [1.807, 2.05) is 6.07 Å². The summed E-state index contributed by atoms with van der Waals surface area (Å²) in [7, 11) is 0. The van der Waals surface area contributed by atoms with Crippen LogP contribution in [0.15, 0.2) is 205 Å². The highest BCUT2D eigenvalue weighted by molar-refractivity contribution is 6.30. The molecule has 0 spiro atoms. The highest BCUT2D eigenvalue weighted by atomic mass is 16.3. The van der Waals surface area contributed by atoms with E-state index >= 15 is 0 Å². The fourth-order valence-corrected chi connectivity index (χ4v) is 12.8. The molecule has 4 nitrogen and oxygen atoms in total. The van der Waals surface area contributed by atoms with Gasteiger partial charge >= 0.3 is 0 Å². The molecule has 0 aliphatic carbocycles. The number of rotatable bonds is 11. The first-order valence-electron chi connectivity index (χ1n) is 28.3. The molecule has 0 aliphatic rings. The fourth-order valence-electron chi connectivity index (χ4n) is 12.8. The summed E-state index contributed by atoms with van der Waals surface area (Å²) in [6.45, 7) is 22.3. The molecule has 13 aromatic rings. The van der Waals surface area contributed by atoms with Crippen LogP contribution in [0.3, 0.4) is 0 Å². The average Bonchev–Trinajstić information content (AvgIpc) is 3.92. The second-order valence-electron chi connectivity index (χ2n) is 22.9. The molecule has 13 rings (SSSR count). The number of aromatic hydroxyl groups is 1. The van der Waals surface area contributed by atoms with Crippen molar-refractivity contribution in [2.75, 3.05) is 9.80 Å². The van der Waals surface area contributed by atoms with Crippen molar-refractivity contribution in [2.45, 2.75) is 81.1 Å². The van der Waals surface area contributed by atoms with Crippen molar-refractivity contribution in [1.82, 2.24) is 0 Å². The minimum Gasteiger partial charge on any atom is -0.505 e. The number of aryl methyl sites for hydroxylation is 6. The minimum atomic E-state index is 0.175. The first-order chi connectivity index (χ1) is 38.7. The van der Waals surface area contributed by atoms with Crippen molar-refractivity contribution in [1.29, 1.82) is 0 Å². The Bertz CT molecular complexity index is 4590. The van der Waals surface area contributed by atoms with Crippen LogP contribution in [0, 0.1) is 41.5 Å². The Morgan fingerprint density at radius 1 is 0.325 bits per heavy atom. The van der Waals surface area contributed by atoms with Gasteiger partial charge in [0.05, 0.1) is 22.7 Å². The van der Waals surface area contributed by atoms with Crippen LogP contribution >= 0.6 is 0 Å². The van der Waals surface area contributed by atoms with Crippen molar-refractivity contribution < 1.29 is 9.52 Å². The van der Waals surface area contributed by atoms with Crippen LogP contribution in [-0.2, 0) is 0 Å². The summed E-state index contributed by atoms with van der Waals surface area (Å²) in [4.78, 5) is 4.83. The van der Waals surface area contributed by atoms with Gasteiger partial charge in [-0.15, -0.1) is 0 Å². The van der Waals surface area contributed by atoms with Crippen molar-refractivity contribution in [3.05, 3.63) is 245 Å². The number of nitrogens with zero attached hydrogens (tertiary/aromatic N) is 2. The summed E-state index contributed by atoms with van der Waals surface area (Å²) in [5, 5.41) is 22.4. The molecule has 0 amide bonds. The van der Waals surface area contributed by atoms with E-state index in [4.69, 9.17) is 4.42 Å². The Balaban J connectivity index is 1.11. The normalized spacial score (nSPS) is 11.9. The maximum absolute atomic E-state index is 13.0. The van der Waals surface area contributed by atoms with Crippen LogP contribution in [0.1, 0.15) is 84.0 Å². The van der Waals surface area contributed by atoms with E-state index < -0.39 is 0 Å². The molecule has 1 heterocycles. The predicted octanol–water partition coefficient (Wildman–Crippen LogP) is 22.2. The van der Waals surface area contributed by atoms with Crippen LogP contribution in [0.25, 0.3) is 87.6 Å². The van der Waals surface area contributed by atoms with Gasteiger partial charge < -0.3 is 19.3 Å². The fraction of sp³-hybridized carbons (Fsp3) is 0.158.